The summed E-state index contributed by atoms with van der Waals surface area (Å²) in [6.07, 6.45) is 0.517. The molecule has 0 N–H and O–H groups in total. The van der Waals surface area contributed by atoms with E-state index in [9.17, 15) is 14.0 Å². The Hall–Kier alpha value is -1.23. The van der Waals surface area contributed by atoms with Crippen molar-refractivity contribution in [2.45, 2.75) is 19.8 Å². The molecule has 3 nitrogen and oxygen atoms in total. The molecule has 0 aliphatic carbocycles. The SMILES string of the molecule is CC(=O)C1(Cc2cccc(F)c2Br)CCOC1=O. The number of cyclic esters (lactones) is 1. The lowest BCUT2D eigenvalue weighted by atomic mass is 9.77. The number of carbonyl (C=O) groups is 2. The Labute approximate surface area is 112 Å². The number of ketones is 1. The van der Waals surface area contributed by atoms with E-state index in [1.165, 1.54) is 13.0 Å². The summed E-state index contributed by atoms with van der Waals surface area (Å²) in [5, 5.41) is 0. The number of hydrogen-bond acceptors (Lipinski definition) is 3. The molecule has 1 aliphatic heterocycles. The third kappa shape index (κ3) is 2.07. The maximum absolute atomic E-state index is 13.4. The molecule has 1 atom stereocenters. The van der Waals surface area contributed by atoms with Crippen molar-refractivity contribution in [2.75, 3.05) is 6.61 Å². The van der Waals surface area contributed by atoms with Gasteiger partial charge in [0.1, 0.15) is 17.0 Å². The molecule has 5 heteroatoms. The fourth-order valence-electron chi connectivity index (χ4n) is 2.17. The van der Waals surface area contributed by atoms with E-state index in [2.05, 4.69) is 15.9 Å². The first kappa shape index (κ1) is 13.2. The molecule has 96 valence electrons. The Bertz CT molecular complexity index is 515. The minimum absolute atomic E-state index is 0.166. The van der Waals surface area contributed by atoms with E-state index >= 15 is 0 Å². The standard InChI is InChI=1S/C13H12BrFO3/c1-8(16)13(5-6-18-12(13)17)7-9-3-2-4-10(15)11(9)14/h2-4H,5-7H2,1H3. The second kappa shape index (κ2) is 4.80. The average Bonchev–Trinajstić information content (AvgIpc) is 2.68. The van der Waals surface area contributed by atoms with Crippen molar-refractivity contribution in [3.63, 3.8) is 0 Å². The third-order valence-electron chi connectivity index (χ3n) is 3.35. The number of benzene rings is 1. The zero-order valence-corrected chi connectivity index (χ0v) is 11.4. The molecule has 2 rings (SSSR count). The fourth-order valence-corrected chi connectivity index (χ4v) is 2.58. The van der Waals surface area contributed by atoms with Gasteiger partial charge >= 0.3 is 5.97 Å². The van der Waals surface area contributed by atoms with Gasteiger partial charge in [-0.25, -0.2) is 4.39 Å². The molecule has 1 aliphatic rings. The average molecular weight is 315 g/mol. The number of esters is 1. The highest BCUT2D eigenvalue weighted by atomic mass is 79.9. The van der Waals surface area contributed by atoms with Crippen molar-refractivity contribution in [2.24, 2.45) is 5.41 Å². The van der Waals surface area contributed by atoms with E-state index in [-0.39, 0.29) is 18.8 Å². The highest BCUT2D eigenvalue weighted by Gasteiger charge is 2.49. The molecule has 1 aromatic rings. The number of Topliss-reactive ketones (excluding diaryl/α,β-unsaturated/α-hetero) is 1. The summed E-state index contributed by atoms with van der Waals surface area (Å²) in [5.74, 6) is -1.15. The summed E-state index contributed by atoms with van der Waals surface area (Å²) in [5.41, 5.74) is -0.555. The van der Waals surface area contributed by atoms with Gasteiger partial charge in [0.05, 0.1) is 11.1 Å². The van der Waals surface area contributed by atoms with Gasteiger partial charge in [0, 0.05) is 6.42 Å². The molecule has 1 saturated heterocycles. The van der Waals surface area contributed by atoms with Gasteiger partial charge < -0.3 is 4.74 Å². The van der Waals surface area contributed by atoms with Crippen molar-refractivity contribution >= 4 is 27.7 Å². The highest BCUT2D eigenvalue weighted by molar-refractivity contribution is 9.10. The number of rotatable bonds is 3. The van der Waals surface area contributed by atoms with Crippen LogP contribution in [0.3, 0.4) is 0 Å². The number of halogens is 2. The van der Waals surface area contributed by atoms with E-state index < -0.39 is 17.2 Å². The summed E-state index contributed by atoms with van der Waals surface area (Å²) in [6.45, 7) is 1.62. The van der Waals surface area contributed by atoms with Crippen LogP contribution in [0, 0.1) is 11.2 Å². The topological polar surface area (TPSA) is 43.4 Å². The van der Waals surface area contributed by atoms with Gasteiger partial charge in [-0.2, -0.15) is 0 Å². The molecule has 1 heterocycles. The van der Waals surface area contributed by atoms with Crippen LogP contribution in [0.2, 0.25) is 0 Å². The largest absolute Gasteiger partial charge is 0.465 e. The maximum Gasteiger partial charge on any atom is 0.320 e. The lowest BCUT2D eigenvalue weighted by molar-refractivity contribution is -0.150. The lowest BCUT2D eigenvalue weighted by Crippen LogP contribution is -2.36. The first-order valence-electron chi connectivity index (χ1n) is 5.58. The molecule has 0 aromatic heterocycles. The van der Waals surface area contributed by atoms with E-state index in [1.807, 2.05) is 0 Å². The van der Waals surface area contributed by atoms with Crippen molar-refractivity contribution in [3.05, 3.63) is 34.1 Å². The van der Waals surface area contributed by atoms with Crippen LogP contribution >= 0.6 is 15.9 Å². The molecule has 0 bridgehead atoms. The Morgan fingerprint density at radius 1 is 1.56 bits per heavy atom. The minimum Gasteiger partial charge on any atom is -0.465 e. The van der Waals surface area contributed by atoms with Crippen LogP contribution < -0.4 is 0 Å². The number of carbonyl (C=O) groups excluding carboxylic acids is 2. The first-order chi connectivity index (χ1) is 8.47. The van der Waals surface area contributed by atoms with Crippen LogP contribution in [0.1, 0.15) is 18.9 Å². The molecule has 0 amide bonds. The van der Waals surface area contributed by atoms with Crippen LogP contribution in [0.25, 0.3) is 0 Å². The summed E-state index contributed by atoms with van der Waals surface area (Å²) >= 11 is 3.14. The van der Waals surface area contributed by atoms with Crippen LogP contribution in [0.15, 0.2) is 22.7 Å². The van der Waals surface area contributed by atoms with E-state index in [4.69, 9.17) is 4.74 Å². The zero-order valence-electron chi connectivity index (χ0n) is 9.83. The second-order valence-corrected chi connectivity index (χ2v) is 5.21. The smallest absolute Gasteiger partial charge is 0.320 e. The van der Waals surface area contributed by atoms with Crippen LogP contribution in [-0.2, 0) is 20.7 Å². The maximum atomic E-state index is 13.4. The van der Waals surface area contributed by atoms with Crippen molar-refractivity contribution in [1.82, 2.24) is 0 Å². The third-order valence-corrected chi connectivity index (χ3v) is 4.24. The van der Waals surface area contributed by atoms with Gasteiger partial charge in [-0.3, -0.25) is 9.59 Å². The monoisotopic (exact) mass is 314 g/mol. The van der Waals surface area contributed by atoms with E-state index in [0.29, 0.717) is 16.5 Å². The Balaban J connectivity index is 2.39. The molecule has 0 radical (unpaired) electrons. The van der Waals surface area contributed by atoms with Gasteiger partial charge in [0.25, 0.3) is 0 Å². The van der Waals surface area contributed by atoms with Gasteiger partial charge in [-0.15, -0.1) is 0 Å². The normalized spacial score (nSPS) is 22.9. The Morgan fingerprint density at radius 3 is 2.83 bits per heavy atom. The van der Waals surface area contributed by atoms with Crippen molar-refractivity contribution in [1.29, 1.82) is 0 Å². The van der Waals surface area contributed by atoms with Crippen molar-refractivity contribution < 1.29 is 18.7 Å². The molecule has 18 heavy (non-hydrogen) atoms. The Morgan fingerprint density at radius 2 is 2.28 bits per heavy atom. The molecule has 1 aromatic carbocycles. The lowest BCUT2D eigenvalue weighted by Gasteiger charge is -2.22. The number of ether oxygens (including phenoxy) is 1. The quantitative estimate of drug-likeness (QED) is 0.636. The fraction of sp³-hybridized carbons (Fsp3) is 0.385. The predicted octanol–water partition coefficient (Wildman–Crippen LogP) is 2.65. The summed E-state index contributed by atoms with van der Waals surface area (Å²) < 4.78 is 18.6. The molecular weight excluding hydrogens is 303 g/mol. The number of hydrogen-bond donors (Lipinski definition) is 0. The van der Waals surface area contributed by atoms with Gasteiger partial charge in [0.15, 0.2) is 0 Å². The molecule has 0 saturated carbocycles. The van der Waals surface area contributed by atoms with E-state index in [0.717, 1.165) is 0 Å². The summed E-state index contributed by atoms with van der Waals surface area (Å²) in [4.78, 5) is 23.6. The van der Waals surface area contributed by atoms with Crippen LogP contribution in [0.5, 0.6) is 0 Å². The van der Waals surface area contributed by atoms with Gasteiger partial charge in [0.2, 0.25) is 0 Å². The predicted molar refractivity (Wildman–Crippen MR) is 66.5 cm³/mol. The minimum atomic E-state index is -1.16. The highest BCUT2D eigenvalue weighted by Crippen LogP contribution is 2.37. The zero-order chi connectivity index (χ0) is 13.3. The van der Waals surface area contributed by atoms with Crippen LogP contribution in [-0.4, -0.2) is 18.4 Å². The first-order valence-corrected chi connectivity index (χ1v) is 6.38. The molecule has 1 fully saturated rings. The van der Waals surface area contributed by atoms with Crippen LogP contribution in [0.4, 0.5) is 4.39 Å². The summed E-state index contributed by atoms with van der Waals surface area (Å²) in [7, 11) is 0. The molecule has 0 spiro atoms. The van der Waals surface area contributed by atoms with Gasteiger partial charge in [-0.05, 0) is 40.9 Å². The molecule has 1 unspecified atom stereocenters. The van der Waals surface area contributed by atoms with Crippen molar-refractivity contribution in [3.8, 4) is 0 Å². The molecular formula is C13H12BrFO3. The van der Waals surface area contributed by atoms with E-state index in [1.54, 1.807) is 12.1 Å². The van der Waals surface area contributed by atoms with Gasteiger partial charge in [-0.1, -0.05) is 12.1 Å². The Kier molecular flexibility index (Phi) is 3.52. The summed E-state index contributed by atoms with van der Waals surface area (Å²) in [6, 6.07) is 4.58. The second-order valence-electron chi connectivity index (χ2n) is 4.41.